The average Bonchev–Trinajstić information content (AvgIpc) is 3.50. The Balaban J connectivity index is 0.00000342. The molecule has 0 unspecified atom stereocenters. The van der Waals surface area contributed by atoms with Crippen molar-refractivity contribution < 1.29 is 53.0 Å². The summed E-state index contributed by atoms with van der Waals surface area (Å²) in [5.74, 6) is -2.08. The number of aromatic nitrogens is 1. The van der Waals surface area contributed by atoms with Gasteiger partial charge in [-0.15, -0.1) is 23.1 Å². The van der Waals surface area contributed by atoms with Gasteiger partial charge in [-0.3, -0.25) is 19.3 Å². The van der Waals surface area contributed by atoms with Crippen molar-refractivity contribution in [3.63, 3.8) is 0 Å². The number of carbonyl (C=O) groups is 4. The summed E-state index contributed by atoms with van der Waals surface area (Å²) in [4.78, 5) is 59.6. The van der Waals surface area contributed by atoms with E-state index in [-0.39, 0.29) is 64.1 Å². The van der Waals surface area contributed by atoms with E-state index in [2.05, 4.69) is 15.5 Å². The molecule has 4 heterocycles. The van der Waals surface area contributed by atoms with Gasteiger partial charge in [0.25, 0.3) is 16.9 Å². The molecule has 2 atom stereocenters. The maximum absolute atomic E-state index is 12.8. The summed E-state index contributed by atoms with van der Waals surface area (Å²) in [6.07, 6.45) is 1.37. The quantitative estimate of drug-likeness (QED) is 0.173. The van der Waals surface area contributed by atoms with Crippen LogP contribution < -0.4 is 11.1 Å². The number of thiazole rings is 1. The van der Waals surface area contributed by atoms with Gasteiger partial charge in [-0.2, -0.15) is 0 Å². The predicted octanol–water partition coefficient (Wildman–Crippen LogP) is 0.978. The van der Waals surface area contributed by atoms with Crippen LogP contribution in [0.4, 0.5) is 5.13 Å². The first-order valence-electron chi connectivity index (χ1n) is 9.55. The van der Waals surface area contributed by atoms with Crippen LogP contribution in [0, 0.1) is 0 Å². The number of carboxylic acids is 1. The summed E-state index contributed by atoms with van der Waals surface area (Å²) in [7, 11) is 1.26. The molecular weight excluding hydrogens is 572 g/mol. The molecule has 0 saturated carbocycles. The van der Waals surface area contributed by atoms with Crippen molar-refractivity contribution in [2.45, 2.75) is 11.4 Å². The van der Waals surface area contributed by atoms with Gasteiger partial charge < -0.3 is 25.4 Å². The normalized spacial score (nSPS) is 19.4. The number of anilines is 1. The minimum Gasteiger partial charge on any atom is -0.477 e. The number of carboxylic acid groups (broad SMARTS) is 1. The number of carbonyl (C=O) groups excluding carboxylic acids is 3. The molecule has 0 aliphatic carbocycles. The zero-order chi connectivity index (χ0) is 24.4. The summed E-state index contributed by atoms with van der Waals surface area (Å²) in [5.41, 5.74) is 5.89. The van der Waals surface area contributed by atoms with Crippen LogP contribution in [0.1, 0.15) is 16.2 Å². The number of hydrogen-bond donors (Lipinski definition) is 3. The van der Waals surface area contributed by atoms with Crippen LogP contribution in [-0.2, 0) is 38.7 Å². The molecule has 0 bridgehead atoms. The van der Waals surface area contributed by atoms with E-state index in [0.717, 1.165) is 28.0 Å². The molecule has 12 nitrogen and oxygen atoms in total. The van der Waals surface area contributed by atoms with Crippen LogP contribution in [0.25, 0.3) is 0 Å². The Bertz CT molecular complexity index is 1210. The molecule has 4 rings (SSSR count). The number of fused-ring (bicyclic) bond motifs is 1. The predicted molar refractivity (Wildman–Crippen MR) is 125 cm³/mol. The molecular formula is C19H17N5O7S3Zn. The molecule has 1 saturated heterocycles. The molecule has 0 radical (unpaired) electrons. The zero-order valence-corrected chi connectivity index (χ0v) is 23.5. The van der Waals surface area contributed by atoms with Gasteiger partial charge in [-0.05, 0) is 17.7 Å². The molecule has 2 aliphatic rings. The Hall–Kier alpha value is -2.68. The summed E-state index contributed by atoms with van der Waals surface area (Å²) >= 11 is 3.29. The molecule has 2 amide bonds. The number of nitrogens with zero attached hydrogens (tertiary/aromatic N) is 3. The van der Waals surface area contributed by atoms with Crippen molar-refractivity contribution in [3.8, 4) is 0 Å². The maximum atomic E-state index is 12.8. The fourth-order valence-electron chi connectivity index (χ4n) is 3.31. The molecule has 16 heteroatoms. The number of amides is 2. The minimum absolute atomic E-state index is 0. The Morgan fingerprint density at radius 3 is 2.83 bits per heavy atom. The van der Waals surface area contributed by atoms with Crippen LogP contribution in [0.5, 0.6) is 0 Å². The SMILES string of the molecule is CON=C(C(=O)N[C@@H]1C(=O)N2C(C(=O)O)=C(CSC(=O)c3ccco3)CS[C@H]12)c1csc(N)n1.[Zn]. The molecule has 2 aromatic rings. The summed E-state index contributed by atoms with van der Waals surface area (Å²) in [6, 6.07) is 2.13. The summed E-state index contributed by atoms with van der Waals surface area (Å²) in [5, 5.41) is 16.8. The second kappa shape index (κ2) is 11.4. The fraction of sp³-hybridized carbons (Fsp3) is 0.263. The molecule has 0 spiro atoms. The first-order chi connectivity index (χ1) is 16.3. The van der Waals surface area contributed by atoms with Gasteiger partial charge in [0.15, 0.2) is 16.6 Å². The third-order valence-corrected chi connectivity index (χ3v) is 7.77. The number of β-lactam (4-membered cyclic amide) rings is 1. The van der Waals surface area contributed by atoms with Gasteiger partial charge in [0, 0.05) is 36.4 Å². The van der Waals surface area contributed by atoms with E-state index in [1.807, 2.05) is 0 Å². The molecule has 35 heavy (non-hydrogen) atoms. The van der Waals surface area contributed by atoms with Crippen LogP contribution in [-0.4, -0.2) is 73.6 Å². The number of nitrogens with two attached hydrogens (primary N) is 1. The smallest absolute Gasteiger partial charge is 0.352 e. The number of thioether (sulfide) groups is 2. The first kappa shape index (κ1) is 26.9. The molecule has 0 aromatic carbocycles. The zero-order valence-electron chi connectivity index (χ0n) is 18.1. The number of furan rings is 1. The van der Waals surface area contributed by atoms with E-state index in [9.17, 15) is 24.3 Å². The molecule has 2 aromatic heterocycles. The van der Waals surface area contributed by atoms with Gasteiger partial charge >= 0.3 is 5.97 Å². The van der Waals surface area contributed by atoms with E-state index >= 15 is 0 Å². The van der Waals surface area contributed by atoms with Crippen molar-refractivity contribution >= 4 is 68.6 Å². The van der Waals surface area contributed by atoms with E-state index < -0.39 is 29.2 Å². The van der Waals surface area contributed by atoms with E-state index in [1.54, 1.807) is 6.07 Å². The Labute approximate surface area is 223 Å². The van der Waals surface area contributed by atoms with Crippen LogP contribution in [0.2, 0.25) is 0 Å². The average molecular weight is 589 g/mol. The standard InChI is InChI=1S/C19H17N5O7S3.Zn/c1-30-23-11(9-7-34-19(20)21-9)14(25)22-12-15(26)24-13(17(27)28)8(5-32-16(12)24)6-33-18(29)10-3-2-4-31-10;/h2-4,7,12,16H,5-6H2,1H3,(H2,20,21)(H,22,25)(H,27,28);/t12-,16-;/m1./s1. The van der Waals surface area contributed by atoms with E-state index in [0.29, 0.717) is 5.57 Å². The first-order valence-corrected chi connectivity index (χ1v) is 12.5. The number of oxime groups is 1. The fourth-order valence-corrected chi connectivity index (χ4v) is 6.14. The van der Waals surface area contributed by atoms with Crippen molar-refractivity contribution in [3.05, 3.63) is 46.5 Å². The summed E-state index contributed by atoms with van der Waals surface area (Å²) in [6.45, 7) is 0. The second-order valence-corrected chi connectivity index (χ2v) is 9.81. The van der Waals surface area contributed by atoms with Gasteiger partial charge in [0.1, 0.15) is 29.9 Å². The second-order valence-electron chi connectivity index (χ2n) is 6.87. The number of hydrogen-bond acceptors (Lipinski definition) is 12. The monoisotopic (exact) mass is 587 g/mol. The molecule has 2 aliphatic heterocycles. The number of nitrogens with one attached hydrogen (secondary N) is 1. The van der Waals surface area contributed by atoms with Crippen molar-refractivity contribution in [2.75, 3.05) is 24.3 Å². The minimum atomic E-state index is -1.29. The van der Waals surface area contributed by atoms with E-state index in [1.165, 1.54) is 36.6 Å². The maximum Gasteiger partial charge on any atom is 0.352 e. The van der Waals surface area contributed by atoms with Crippen LogP contribution >= 0.6 is 34.9 Å². The van der Waals surface area contributed by atoms with Gasteiger partial charge in [-0.25, -0.2) is 9.78 Å². The largest absolute Gasteiger partial charge is 0.477 e. The van der Waals surface area contributed by atoms with Gasteiger partial charge in [0.2, 0.25) is 0 Å². The topological polar surface area (TPSA) is 177 Å². The number of nitrogen functional groups attached to an aromatic ring is 1. The number of aliphatic carboxylic acids is 1. The number of rotatable bonds is 8. The van der Waals surface area contributed by atoms with Gasteiger partial charge in [0.05, 0.1) is 6.26 Å². The van der Waals surface area contributed by atoms with Gasteiger partial charge in [-0.1, -0.05) is 16.9 Å². The van der Waals surface area contributed by atoms with Crippen LogP contribution in [0.3, 0.4) is 0 Å². The Kier molecular flexibility index (Phi) is 8.75. The third kappa shape index (κ3) is 5.45. The third-order valence-electron chi connectivity index (χ3n) is 4.80. The molecule has 180 valence electrons. The van der Waals surface area contributed by atoms with Crippen molar-refractivity contribution in [1.82, 2.24) is 15.2 Å². The van der Waals surface area contributed by atoms with Crippen molar-refractivity contribution in [1.29, 1.82) is 0 Å². The van der Waals surface area contributed by atoms with Crippen molar-refractivity contribution in [2.24, 2.45) is 5.16 Å². The molecule has 1 fully saturated rings. The molecule has 4 N–H and O–H groups in total. The van der Waals surface area contributed by atoms with Crippen LogP contribution in [0.15, 0.2) is 44.6 Å². The Morgan fingerprint density at radius 2 is 2.23 bits per heavy atom. The Morgan fingerprint density at radius 1 is 1.46 bits per heavy atom. The summed E-state index contributed by atoms with van der Waals surface area (Å²) < 4.78 is 5.05. The van der Waals surface area contributed by atoms with E-state index in [4.69, 9.17) is 15.0 Å².